The second-order valence-corrected chi connectivity index (χ2v) is 5.73. The molecule has 18 heavy (non-hydrogen) atoms. The number of nitrogens with zero attached hydrogens (tertiary/aromatic N) is 1. The number of hydrogen-bond acceptors (Lipinski definition) is 4. The summed E-state index contributed by atoms with van der Waals surface area (Å²) < 4.78 is 1.01. The smallest absolute Gasteiger partial charge is 0.308 e. The predicted molar refractivity (Wildman–Crippen MR) is 75.6 cm³/mol. The lowest BCUT2D eigenvalue weighted by Crippen LogP contribution is -1.99. The maximum atomic E-state index is 10.7. The second kappa shape index (κ2) is 5.49. The number of benzene rings is 1. The second-order valence-electron chi connectivity index (χ2n) is 3.73. The van der Waals surface area contributed by atoms with Crippen LogP contribution in [0, 0.1) is 6.92 Å². The van der Waals surface area contributed by atoms with Crippen molar-refractivity contribution in [1.82, 2.24) is 4.98 Å². The van der Waals surface area contributed by atoms with Crippen molar-refractivity contribution in [2.75, 3.05) is 5.32 Å². The third-order valence-corrected chi connectivity index (χ3v) is 3.90. The first kappa shape index (κ1) is 13.0. The molecule has 0 saturated carbocycles. The first-order valence-electron chi connectivity index (χ1n) is 5.25. The molecule has 0 aliphatic heterocycles. The molecule has 0 atom stereocenters. The Morgan fingerprint density at radius 2 is 2.11 bits per heavy atom. The van der Waals surface area contributed by atoms with Crippen LogP contribution in [0.25, 0.3) is 0 Å². The number of carboxylic acids is 1. The van der Waals surface area contributed by atoms with Gasteiger partial charge < -0.3 is 10.4 Å². The number of hydrogen-bond donors (Lipinski definition) is 2. The van der Waals surface area contributed by atoms with Crippen molar-refractivity contribution in [1.29, 1.82) is 0 Å². The molecule has 0 aliphatic rings. The molecule has 2 N–H and O–H groups in total. The highest BCUT2D eigenvalue weighted by atomic mass is 79.9. The monoisotopic (exact) mass is 326 g/mol. The number of carbonyl (C=O) groups is 1. The van der Waals surface area contributed by atoms with Gasteiger partial charge in [-0.25, -0.2) is 4.98 Å². The summed E-state index contributed by atoms with van der Waals surface area (Å²) in [7, 11) is 0. The molecule has 2 rings (SSSR count). The molecule has 0 fully saturated rings. The fourth-order valence-corrected chi connectivity index (χ4v) is 2.68. The highest BCUT2D eigenvalue weighted by Gasteiger charge is 2.10. The van der Waals surface area contributed by atoms with Gasteiger partial charge in [0.05, 0.1) is 12.1 Å². The summed E-state index contributed by atoms with van der Waals surface area (Å²) in [5.74, 6) is -0.836. The molecule has 0 aliphatic carbocycles. The van der Waals surface area contributed by atoms with Crippen LogP contribution in [0.2, 0.25) is 0 Å². The van der Waals surface area contributed by atoms with Crippen molar-refractivity contribution in [3.05, 3.63) is 39.3 Å². The van der Waals surface area contributed by atoms with Crippen LogP contribution in [0.5, 0.6) is 0 Å². The van der Waals surface area contributed by atoms with E-state index >= 15 is 0 Å². The Hall–Kier alpha value is -1.40. The van der Waals surface area contributed by atoms with Crippen LogP contribution >= 0.6 is 27.3 Å². The van der Waals surface area contributed by atoms with Gasteiger partial charge in [-0.3, -0.25) is 4.79 Å². The fourth-order valence-electron chi connectivity index (χ4n) is 1.44. The van der Waals surface area contributed by atoms with Crippen LogP contribution in [-0.4, -0.2) is 16.1 Å². The molecule has 6 heteroatoms. The number of anilines is 2. The molecule has 94 valence electrons. The number of thiazole rings is 1. The molecule has 0 bridgehead atoms. The molecule has 1 heterocycles. The van der Waals surface area contributed by atoms with Gasteiger partial charge in [-0.05, 0) is 31.2 Å². The number of aliphatic carboxylic acids is 1. The third-order valence-electron chi connectivity index (χ3n) is 2.30. The Bertz CT molecular complexity index is 566. The summed E-state index contributed by atoms with van der Waals surface area (Å²) in [6, 6.07) is 7.72. The molecule has 0 radical (unpaired) electrons. The van der Waals surface area contributed by atoms with Gasteiger partial charge in [-0.1, -0.05) is 15.9 Å². The lowest BCUT2D eigenvalue weighted by atomic mass is 10.3. The molecule has 1 aromatic carbocycles. The Morgan fingerprint density at radius 3 is 2.72 bits per heavy atom. The van der Waals surface area contributed by atoms with Gasteiger partial charge in [0.15, 0.2) is 5.13 Å². The number of carboxylic acid groups (broad SMARTS) is 1. The first-order valence-corrected chi connectivity index (χ1v) is 6.86. The molecule has 2 aromatic rings. The molecular weight excluding hydrogens is 316 g/mol. The van der Waals surface area contributed by atoms with Gasteiger partial charge in [-0.15, -0.1) is 11.3 Å². The molecule has 0 spiro atoms. The van der Waals surface area contributed by atoms with E-state index in [4.69, 9.17) is 5.11 Å². The summed E-state index contributed by atoms with van der Waals surface area (Å²) >= 11 is 4.74. The van der Waals surface area contributed by atoms with Crippen molar-refractivity contribution >= 4 is 44.1 Å². The molecular formula is C12H11BrN2O2S. The molecule has 1 aromatic heterocycles. The lowest BCUT2D eigenvalue weighted by molar-refractivity contribution is -0.136. The van der Waals surface area contributed by atoms with E-state index in [1.165, 1.54) is 11.3 Å². The summed E-state index contributed by atoms with van der Waals surface area (Å²) in [6.07, 6.45) is 0.0194. The number of rotatable bonds is 4. The van der Waals surface area contributed by atoms with Crippen LogP contribution < -0.4 is 5.32 Å². The number of aryl methyl sites for hydroxylation is 1. The largest absolute Gasteiger partial charge is 0.481 e. The van der Waals surface area contributed by atoms with Gasteiger partial charge in [0.2, 0.25) is 0 Å². The molecule has 0 saturated heterocycles. The topological polar surface area (TPSA) is 62.2 Å². The van der Waals surface area contributed by atoms with Crippen LogP contribution in [0.15, 0.2) is 28.7 Å². The fraction of sp³-hybridized carbons (Fsp3) is 0.167. The normalized spacial score (nSPS) is 10.3. The molecule has 0 unspecified atom stereocenters. The zero-order valence-electron chi connectivity index (χ0n) is 9.61. The SMILES string of the molecule is Cc1nc(Nc2ccc(Br)cc2)sc1CC(=O)O. The zero-order valence-corrected chi connectivity index (χ0v) is 12.0. The maximum absolute atomic E-state index is 10.7. The van der Waals surface area contributed by atoms with E-state index in [2.05, 4.69) is 26.2 Å². The third kappa shape index (κ3) is 3.30. The summed E-state index contributed by atoms with van der Waals surface area (Å²) in [6.45, 7) is 1.82. The van der Waals surface area contributed by atoms with Crippen molar-refractivity contribution in [3.63, 3.8) is 0 Å². The Kier molecular flexibility index (Phi) is 3.98. The van der Waals surface area contributed by atoms with E-state index in [1.54, 1.807) is 0 Å². The Labute approximate surface area is 117 Å². The molecule has 4 nitrogen and oxygen atoms in total. The highest BCUT2D eigenvalue weighted by molar-refractivity contribution is 9.10. The summed E-state index contributed by atoms with van der Waals surface area (Å²) in [5.41, 5.74) is 1.69. The number of halogens is 1. The first-order chi connectivity index (χ1) is 8.54. The van der Waals surface area contributed by atoms with Gasteiger partial charge in [0, 0.05) is 15.0 Å². The minimum absolute atomic E-state index is 0.0194. The van der Waals surface area contributed by atoms with Gasteiger partial charge >= 0.3 is 5.97 Å². The van der Waals surface area contributed by atoms with E-state index < -0.39 is 5.97 Å². The Balaban J connectivity index is 2.14. The van der Waals surface area contributed by atoms with E-state index in [0.29, 0.717) is 5.13 Å². The van der Waals surface area contributed by atoms with Crippen molar-refractivity contribution in [2.24, 2.45) is 0 Å². The summed E-state index contributed by atoms with van der Waals surface area (Å²) in [4.78, 5) is 15.8. The average Bonchev–Trinajstić information content (AvgIpc) is 2.62. The van der Waals surface area contributed by atoms with Gasteiger partial charge in [0.1, 0.15) is 0 Å². The van der Waals surface area contributed by atoms with E-state index in [-0.39, 0.29) is 6.42 Å². The Morgan fingerprint density at radius 1 is 1.44 bits per heavy atom. The quantitative estimate of drug-likeness (QED) is 0.901. The lowest BCUT2D eigenvalue weighted by Gasteiger charge is -2.01. The number of aromatic nitrogens is 1. The molecule has 0 amide bonds. The number of nitrogens with one attached hydrogen (secondary N) is 1. The van der Waals surface area contributed by atoms with Crippen molar-refractivity contribution in [3.8, 4) is 0 Å². The zero-order chi connectivity index (χ0) is 13.1. The van der Waals surface area contributed by atoms with E-state index in [1.807, 2.05) is 31.2 Å². The summed E-state index contributed by atoms with van der Waals surface area (Å²) in [5, 5.41) is 12.6. The van der Waals surface area contributed by atoms with Gasteiger partial charge in [0.25, 0.3) is 0 Å². The van der Waals surface area contributed by atoms with Crippen molar-refractivity contribution < 1.29 is 9.90 Å². The van der Waals surface area contributed by atoms with Gasteiger partial charge in [-0.2, -0.15) is 0 Å². The van der Waals surface area contributed by atoms with Crippen LogP contribution in [0.3, 0.4) is 0 Å². The highest BCUT2D eigenvalue weighted by Crippen LogP contribution is 2.26. The predicted octanol–water partition coefficient (Wildman–Crippen LogP) is 3.58. The standard InChI is InChI=1S/C12H11BrN2O2S/c1-7-10(6-11(16)17)18-12(14-7)15-9-4-2-8(13)3-5-9/h2-5H,6H2,1H3,(H,14,15)(H,16,17). The van der Waals surface area contributed by atoms with E-state index in [0.717, 1.165) is 20.7 Å². The van der Waals surface area contributed by atoms with Crippen LogP contribution in [0.1, 0.15) is 10.6 Å². The van der Waals surface area contributed by atoms with Crippen LogP contribution in [-0.2, 0) is 11.2 Å². The van der Waals surface area contributed by atoms with E-state index in [9.17, 15) is 4.79 Å². The van der Waals surface area contributed by atoms with Crippen LogP contribution in [0.4, 0.5) is 10.8 Å². The minimum atomic E-state index is -0.836. The van der Waals surface area contributed by atoms with Crippen molar-refractivity contribution in [2.45, 2.75) is 13.3 Å². The average molecular weight is 327 g/mol. The maximum Gasteiger partial charge on any atom is 0.308 e. The minimum Gasteiger partial charge on any atom is -0.481 e.